The Morgan fingerprint density at radius 1 is 1.64 bits per heavy atom. The molecule has 0 amide bonds. The van der Waals surface area contributed by atoms with Gasteiger partial charge < -0.3 is 10.5 Å². The van der Waals surface area contributed by atoms with Crippen molar-refractivity contribution in [3.63, 3.8) is 0 Å². The van der Waals surface area contributed by atoms with Gasteiger partial charge in [0.05, 0.1) is 13.2 Å². The number of nitrogens with two attached hydrogens (primary N) is 1. The van der Waals surface area contributed by atoms with Crippen molar-refractivity contribution in [2.75, 3.05) is 13.2 Å². The molecule has 2 N–H and O–H groups in total. The molecule has 2 unspecified atom stereocenters. The van der Waals surface area contributed by atoms with Gasteiger partial charge in [-0.25, -0.2) is 0 Å². The minimum absolute atomic E-state index is 0.383. The summed E-state index contributed by atoms with van der Waals surface area (Å²) in [7, 11) is 0. The Morgan fingerprint density at radius 3 is 2.73 bits per heavy atom. The van der Waals surface area contributed by atoms with Crippen molar-refractivity contribution in [2.24, 2.45) is 17.1 Å². The lowest BCUT2D eigenvalue weighted by molar-refractivity contribution is -0.0594. The summed E-state index contributed by atoms with van der Waals surface area (Å²) in [6, 6.07) is 0.383. The third-order valence-corrected chi connectivity index (χ3v) is 3.11. The SMILES string of the molecule is CC(N)CCC1CC12COC2. The minimum Gasteiger partial charge on any atom is -0.380 e. The van der Waals surface area contributed by atoms with Gasteiger partial charge in [0.25, 0.3) is 0 Å². The van der Waals surface area contributed by atoms with E-state index in [-0.39, 0.29) is 0 Å². The van der Waals surface area contributed by atoms with E-state index < -0.39 is 0 Å². The molecule has 0 aromatic heterocycles. The fourth-order valence-corrected chi connectivity index (χ4v) is 2.02. The normalized spacial score (nSPS) is 34.9. The van der Waals surface area contributed by atoms with Crippen LogP contribution in [-0.4, -0.2) is 19.3 Å². The average Bonchev–Trinajstić information content (AvgIpc) is 2.55. The fraction of sp³-hybridized carbons (Fsp3) is 1.00. The molecule has 2 atom stereocenters. The van der Waals surface area contributed by atoms with Crippen LogP contribution in [0.4, 0.5) is 0 Å². The Morgan fingerprint density at radius 2 is 2.36 bits per heavy atom. The van der Waals surface area contributed by atoms with Crippen LogP contribution in [0.15, 0.2) is 0 Å². The van der Waals surface area contributed by atoms with Crippen molar-refractivity contribution in [3.8, 4) is 0 Å². The van der Waals surface area contributed by atoms with Crippen LogP contribution in [0.3, 0.4) is 0 Å². The maximum absolute atomic E-state index is 5.69. The number of hydrogen-bond donors (Lipinski definition) is 1. The summed E-state index contributed by atoms with van der Waals surface area (Å²) in [5.74, 6) is 0.947. The Kier molecular flexibility index (Phi) is 1.69. The molecule has 1 spiro atoms. The Hall–Kier alpha value is -0.0800. The summed E-state index contributed by atoms with van der Waals surface area (Å²) in [6.07, 6.45) is 3.91. The first kappa shape index (κ1) is 7.56. The lowest BCUT2D eigenvalue weighted by Gasteiger charge is -2.27. The zero-order valence-electron chi connectivity index (χ0n) is 7.18. The Labute approximate surface area is 68.1 Å². The summed E-state index contributed by atoms with van der Waals surface area (Å²) in [5.41, 5.74) is 6.33. The molecule has 2 nitrogen and oxygen atoms in total. The van der Waals surface area contributed by atoms with E-state index >= 15 is 0 Å². The van der Waals surface area contributed by atoms with Crippen molar-refractivity contribution in [1.29, 1.82) is 0 Å². The van der Waals surface area contributed by atoms with Crippen molar-refractivity contribution < 1.29 is 4.74 Å². The van der Waals surface area contributed by atoms with E-state index in [0.717, 1.165) is 19.1 Å². The number of ether oxygens (including phenoxy) is 1. The van der Waals surface area contributed by atoms with E-state index in [0.29, 0.717) is 11.5 Å². The number of hydrogen-bond acceptors (Lipinski definition) is 2. The van der Waals surface area contributed by atoms with Crippen LogP contribution in [0.5, 0.6) is 0 Å². The molecule has 2 fully saturated rings. The number of rotatable bonds is 3. The molecular weight excluding hydrogens is 138 g/mol. The standard InChI is InChI=1S/C9H17NO/c1-7(10)2-3-8-4-9(8)5-11-6-9/h7-8H,2-6,10H2,1H3. The Bertz CT molecular complexity index is 152. The molecule has 0 bridgehead atoms. The molecule has 11 heavy (non-hydrogen) atoms. The highest BCUT2D eigenvalue weighted by molar-refractivity contribution is 5.06. The molecule has 2 heteroatoms. The van der Waals surface area contributed by atoms with Crippen LogP contribution >= 0.6 is 0 Å². The van der Waals surface area contributed by atoms with E-state index in [1.165, 1.54) is 19.3 Å². The zero-order valence-corrected chi connectivity index (χ0v) is 7.18. The first-order valence-electron chi connectivity index (χ1n) is 4.56. The first-order chi connectivity index (χ1) is 5.23. The highest BCUT2D eigenvalue weighted by Gasteiger charge is 2.58. The van der Waals surface area contributed by atoms with Crippen molar-refractivity contribution >= 4 is 0 Å². The van der Waals surface area contributed by atoms with Gasteiger partial charge in [-0.15, -0.1) is 0 Å². The second-order valence-corrected chi connectivity index (χ2v) is 4.31. The Balaban J connectivity index is 1.67. The summed E-state index contributed by atoms with van der Waals surface area (Å²) < 4.78 is 5.21. The van der Waals surface area contributed by atoms with Gasteiger partial charge in [-0.3, -0.25) is 0 Å². The van der Waals surface area contributed by atoms with Crippen LogP contribution in [0.1, 0.15) is 26.2 Å². The van der Waals surface area contributed by atoms with Crippen LogP contribution in [0, 0.1) is 11.3 Å². The van der Waals surface area contributed by atoms with Gasteiger partial charge in [0, 0.05) is 11.5 Å². The summed E-state index contributed by atoms with van der Waals surface area (Å²) in [6.45, 7) is 4.14. The van der Waals surface area contributed by atoms with E-state index in [2.05, 4.69) is 6.92 Å². The molecule has 1 heterocycles. The van der Waals surface area contributed by atoms with Crippen LogP contribution < -0.4 is 5.73 Å². The summed E-state index contributed by atoms with van der Waals surface area (Å²) >= 11 is 0. The lowest BCUT2D eigenvalue weighted by Crippen LogP contribution is -2.31. The zero-order chi connectivity index (χ0) is 7.90. The van der Waals surface area contributed by atoms with Gasteiger partial charge >= 0.3 is 0 Å². The molecule has 1 aliphatic carbocycles. The molecular formula is C9H17NO. The summed E-state index contributed by atoms with van der Waals surface area (Å²) in [5, 5.41) is 0. The second-order valence-electron chi connectivity index (χ2n) is 4.31. The van der Waals surface area contributed by atoms with E-state index in [1.807, 2.05) is 0 Å². The smallest absolute Gasteiger partial charge is 0.0547 e. The largest absolute Gasteiger partial charge is 0.380 e. The highest BCUT2D eigenvalue weighted by atomic mass is 16.5. The third-order valence-electron chi connectivity index (χ3n) is 3.11. The van der Waals surface area contributed by atoms with Gasteiger partial charge in [0.1, 0.15) is 0 Å². The van der Waals surface area contributed by atoms with E-state index in [1.54, 1.807) is 0 Å². The second kappa shape index (κ2) is 2.46. The quantitative estimate of drug-likeness (QED) is 0.663. The predicted octanol–water partition coefficient (Wildman–Crippen LogP) is 1.15. The average molecular weight is 155 g/mol. The molecule has 0 radical (unpaired) electrons. The molecule has 64 valence electrons. The molecule has 2 rings (SSSR count). The highest BCUT2D eigenvalue weighted by Crippen LogP contribution is 2.59. The topological polar surface area (TPSA) is 35.2 Å². The van der Waals surface area contributed by atoms with Crippen LogP contribution in [0.25, 0.3) is 0 Å². The maximum atomic E-state index is 5.69. The monoisotopic (exact) mass is 155 g/mol. The minimum atomic E-state index is 0.383. The molecule has 1 saturated carbocycles. The van der Waals surface area contributed by atoms with Crippen molar-refractivity contribution in [2.45, 2.75) is 32.2 Å². The van der Waals surface area contributed by atoms with Crippen molar-refractivity contribution in [3.05, 3.63) is 0 Å². The third kappa shape index (κ3) is 1.30. The van der Waals surface area contributed by atoms with Crippen molar-refractivity contribution in [1.82, 2.24) is 0 Å². The predicted molar refractivity (Wildman–Crippen MR) is 44.2 cm³/mol. The molecule has 1 saturated heterocycles. The van der Waals surface area contributed by atoms with Gasteiger partial charge in [-0.05, 0) is 32.1 Å². The van der Waals surface area contributed by atoms with E-state index in [9.17, 15) is 0 Å². The van der Waals surface area contributed by atoms with Gasteiger partial charge in [0.15, 0.2) is 0 Å². The lowest BCUT2D eigenvalue weighted by atomic mass is 9.98. The van der Waals surface area contributed by atoms with Gasteiger partial charge in [0.2, 0.25) is 0 Å². The van der Waals surface area contributed by atoms with Crippen LogP contribution in [0.2, 0.25) is 0 Å². The molecule has 1 aliphatic heterocycles. The summed E-state index contributed by atoms with van der Waals surface area (Å²) in [4.78, 5) is 0. The first-order valence-corrected chi connectivity index (χ1v) is 4.56. The fourth-order valence-electron chi connectivity index (χ4n) is 2.02. The van der Waals surface area contributed by atoms with E-state index in [4.69, 9.17) is 10.5 Å². The van der Waals surface area contributed by atoms with Gasteiger partial charge in [-0.2, -0.15) is 0 Å². The van der Waals surface area contributed by atoms with Gasteiger partial charge in [-0.1, -0.05) is 0 Å². The molecule has 2 aliphatic rings. The molecule has 0 aromatic carbocycles. The maximum Gasteiger partial charge on any atom is 0.0547 e. The molecule has 0 aromatic rings. The van der Waals surface area contributed by atoms with Crippen LogP contribution in [-0.2, 0) is 4.74 Å².